The Morgan fingerprint density at radius 1 is 1.25 bits per heavy atom. The van der Waals surface area contributed by atoms with E-state index < -0.39 is 0 Å². The quantitative estimate of drug-likeness (QED) is 0.649. The van der Waals surface area contributed by atoms with Crippen molar-refractivity contribution < 1.29 is 0 Å². The lowest BCUT2D eigenvalue weighted by Gasteiger charge is -2.10. The molecule has 0 radical (unpaired) electrons. The van der Waals surface area contributed by atoms with Crippen molar-refractivity contribution in [1.29, 1.82) is 0 Å². The van der Waals surface area contributed by atoms with Gasteiger partial charge in [-0.2, -0.15) is 0 Å². The predicted molar refractivity (Wildman–Crippen MR) is 85.0 cm³/mol. The molecule has 0 bridgehead atoms. The highest BCUT2D eigenvalue weighted by Gasteiger charge is 2.15. The minimum atomic E-state index is -0.136. The summed E-state index contributed by atoms with van der Waals surface area (Å²) in [6.07, 6.45) is 3.60. The van der Waals surface area contributed by atoms with Gasteiger partial charge < -0.3 is 4.57 Å². The number of fused-ring (bicyclic) bond motifs is 1. The van der Waals surface area contributed by atoms with Crippen molar-refractivity contribution >= 4 is 38.6 Å². The minimum Gasteiger partial charge on any atom is -0.322 e. The lowest BCUT2D eigenvalue weighted by molar-refractivity contribution is 0.741. The molecule has 3 rings (SSSR count). The van der Waals surface area contributed by atoms with Crippen molar-refractivity contribution in [3.05, 3.63) is 58.6 Å². The molecule has 0 saturated heterocycles. The van der Waals surface area contributed by atoms with Crippen LogP contribution in [0.4, 0.5) is 0 Å². The van der Waals surface area contributed by atoms with Gasteiger partial charge in [-0.15, -0.1) is 11.6 Å². The molecule has 2 heterocycles. The normalized spacial score (nSPS) is 12.8. The molecular weight excluding hydrogens is 338 g/mol. The van der Waals surface area contributed by atoms with Crippen molar-refractivity contribution in [2.75, 3.05) is 0 Å². The fourth-order valence-electron chi connectivity index (χ4n) is 2.26. The summed E-state index contributed by atoms with van der Waals surface area (Å²) in [6.45, 7) is 2.68. The van der Waals surface area contributed by atoms with Crippen LogP contribution in [0.25, 0.3) is 11.0 Å². The molecule has 5 heteroatoms. The second-order valence-electron chi connectivity index (χ2n) is 4.66. The molecule has 1 aromatic carbocycles. The lowest BCUT2D eigenvalue weighted by Crippen LogP contribution is -2.05. The third-order valence-corrected chi connectivity index (χ3v) is 3.87. The molecule has 0 saturated carbocycles. The van der Waals surface area contributed by atoms with Crippen LogP contribution >= 0.6 is 27.5 Å². The average molecular weight is 351 g/mol. The molecule has 0 amide bonds. The zero-order valence-corrected chi connectivity index (χ0v) is 13.3. The molecule has 3 aromatic rings. The number of hydrogen-bond acceptors (Lipinski definition) is 2. The Labute approximate surface area is 130 Å². The first kappa shape index (κ1) is 13.6. The maximum absolute atomic E-state index is 6.28. The van der Waals surface area contributed by atoms with E-state index in [9.17, 15) is 0 Å². The van der Waals surface area contributed by atoms with Crippen molar-refractivity contribution in [3.8, 4) is 0 Å². The van der Waals surface area contributed by atoms with Crippen molar-refractivity contribution in [2.45, 2.75) is 18.8 Å². The van der Waals surface area contributed by atoms with Crippen LogP contribution in [0.5, 0.6) is 0 Å². The summed E-state index contributed by atoms with van der Waals surface area (Å²) in [5.74, 6) is 0.886. The van der Waals surface area contributed by atoms with Gasteiger partial charge in [0.25, 0.3) is 0 Å². The smallest absolute Gasteiger partial charge is 0.128 e. The highest BCUT2D eigenvalue weighted by molar-refractivity contribution is 9.10. The number of imidazole rings is 1. The van der Waals surface area contributed by atoms with Crippen LogP contribution in [-0.4, -0.2) is 14.5 Å². The zero-order valence-electron chi connectivity index (χ0n) is 10.9. The first-order valence-electron chi connectivity index (χ1n) is 6.34. The van der Waals surface area contributed by atoms with E-state index in [1.165, 1.54) is 5.56 Å². The highest BCUT2D eigenvalue weighted by Crippen LogP contribution is 2.27. The maximum Gasteiger partial charge on any atom is 0.128 e. The van der Waals surface area contributed by atoms with Gasteiger partial charge >= 0.3 is 0 Å². The van der Waals surface area contributed by atoms with E-state index in [1.54, 1.807) is 12.4 Å². The number of alkyl halides is 1. The van der Waals surface area contributed by atoms with E-state index in [2.05, 4.69) is 36.5 Å². The second-order valence-corrected chi connectivity index (χ2v) is 6.23. The van der Waals surface area contributed by atoms with Crippen molar-refractivity contribution in [1.82, 2.24) is 14.5 Å². The molecule has 1 atom stereocenters. The summed E-state index contributed by atoms with van der Waals surface area (Å²) in [7, 11) is 0. The molecule has 20 heavy (non-hydrogen) atoms. The van der Waals surface area contributed by atoms with Gasteiger partial charge in [0.15, 0.2) is 0 Å². The van der Waals surface area contributed by atoms with Crippen molar-refractivity contribution in [3.63, 3.8) is 0 Å². The molecule has 3 nitrogen and oxygen atoms in total. The zero-order chi connectivity index (χ0) is 14.1. The number of hydrogen-bond donors (Lipinski definition) is 0. The van der Waals surface area contributed by atoms with E-state index in [4.69, 9.17) is 11.6 Å². The summed E-state index contributed by atoms with van der Waals surface area (Å²) < 4.78 is 3.20. The predicted octanol–water partition coefficient (Wildman–Crippen LogP) is 4.54. The van der Waals surface area contributed by atoms with Crippen LogP contribution in [0.3, 0.4) is 0 Å². The Morgan fingerprint density at radius 2 is 2.00 bits per heavy atom. The monoisotopic (exact) mass is 349 g/mol. The van der Waals surface area contributed by atoms with Crippen LogP contribution in [-0.2, 0) is 6.54 Å². The summed E-state index contributed by atoms with van der Waals surface area (Å²) in [5, 5.41) is -0.136. The second kappa shape index (κ2) is 5.54. The summed E-state index contributed by atoms with van der Waals surface area (Å²) in [5.41, 5.74) is 3.22. The number of benzene rings is 1. The van der Waals surface area contributed by atoms with Crippen LogP contribution < -0.4 is 0 Å². The highest BCUT2D eigenvalue weighted by atomic mass is 79.9. The van der Waals surface area contributed by atoms with Crippen molar-refractivity contribution in [2.24, 2.45) is 0 Å². The lowest BCUT2D eigenvalue weighted by atomic mass is 10.2. The van der Waals surface area contributed by atoms with Crippen LogP contribution in [0, 0.1) is 0 Å². The van der Waals surface area contributed by atoms with E-state index in [0.717, 1.165) is 27.9 Å². The van der Waals surface area contributed by atoms with Gasteiger partial charge in [0.05, 0.1) is 16.4 Å². The van der Waals surface area contributed by atoms with Gasteiger partial charge in [-0.05, 0) is 42.8 Å². The topological polar surface area (TPSA) is 30.7 Å². The molecule has 0 N–H and O–H groups in total. The number of rotatable bonds is 3. The fourth-order valence-corrected chi connectivity index (χ4v) is 2.77. The summed E-state index contributed by atoms with van der Waals surface area (Å²) >= 11 is 9.79. The number of aromatic nitrogens is 3. The third-order valence-electron chi connectivity index (χ3n) is 3.19. The minimum absolute atomic E-state index is 0.136. The summed E-state index contributed by atoms with van der Waals surface area (Å²) in [6, 6.07) is 10.1. The van der Waals surface area contributed by atoms with Gasteiger partial charge in [-0.3, -0.25) is 4.98 Å². The molecule has 0 aliphatic carbocycles. The molecule has 2 aromatic heterocycles. The van der Waals surface area contributed by atoms with Crippen LogP contribution in [0.2, 0.25) is 0 Å². The first-order chi connectivity index (χ1) is 9.65. The molecule has 0 aliphatic rings. The van der Waals surface area contributed by atoms with Gasteiger partial charge in [0, 0.05) is 23.4 Å². The Kier molecular flexibility index (Phi) is 3.76. The molecule has 0 aliphatic heterocycles. The Hall–Kier alpha value is -1.39. The van der Waals surface area contributed by atoms with Gasteiger partial charge in [0.2, 0.25) is 0 Å². The Balaban J connectivity index is 2.15. The standard InChI is InChI=1S/C15H13BrClN3/c1-10(17)15-19-13-3-2-12(16)8-14(13)20(15)9-11-4-6-18-7-5-11/h2-8,10H,9H2,1H3. The maximum atomic E-state index is 6.28. The van der Waals surface area contributed by atoms with Crippen LogP contribution in [0.15, 0.2) is 47.2 Å². The molecule has 0 fully saturated rings. The Bertz CT molecular complexity index is 737. The third kappa shape index (κ3) is 2.58. The largest absolute Gasteiger partial charge is 0.322 e. The molecule has 1 unspecified atom stereocenters. The number of halogens is 2. The van der Waals surface area contributed by atoms with Gasteiger partial charge in [0.1, 0.15) is 5.82 Å². The molecular formula is C15H13BrClN3. The Morgan fingerprint density at radius 3 is 2.70 bits per heavy atom. The molecule has 102 valence electrons. The average Bonchev–Trinajstić information content (AvgIpc) is 2.78. The SMILES string of the molecule is CC(Cl)c1nc2ccc(Br)cc2n1Cc1ccncc1. The van der Waals surface area contributed by atoms with Gasteiger partial charge in [-0.1, -0.05) is 15.9 Å². The van der Waals surface area contributed by atoms with E-state index in [1.807, 2.05) is 31.2 Å². The van der Waals surface area contributed by atoms with E-state index in [-0.39, 0.29) is 5.38 Å². The van der Waals surface area contributed by atoms with E-state index in [0.29, 0.717) is 0 Å². The number of nitrogens with zero attached hydrogens (tertiary/aromatic N) is 3. The van der Waals surface area contributed by atoms with E-state index >= 15 is 0 Å². The van der Waals surface area contributed by atoms with Gasteiger partial charge in [-0.25, -0.2) is 4.98 Å². The summed E-state index contributed by atoms with van der Waals surface area (Å²) in [4.78, 5) is 8.69. The molecule has 0 spiro atoms. The first-order valence-corrected chi connectivity index (χ1v) is 7.57. The number of pyridine rings is 1. The van der Waals surface area contributed by atoms with Crippen LogP contribution in [0.1, 0.15) is 23.7 Å². The fraction of sp³-hybridized carbons (Fsp3) is 0.200.